The van der Waals surface area contributed by atoms with Crippen LogP contribution in [0.5, 0.6) is 0 Å². The van der Waals surface area contributed by atoms with Gasteiger partial charge in [0.2, 0.25) is 0 Å². The maximum atomic E-state index is 12.2. The molecular formula is C13H13BrN2O. The van der Waals surface area contributed by atoms with Crippen LogP contribution in [0.1, 0.15) is 22.5 Å². The first kappa shape index (κ1) is 10.8. The molecule has 1 N–H and O–H groups in total. The van der Waals surface area contributed by atoms with Crippen LogP contribution in [0.15, 0.2) is 22.7 Å². The summed E-state index contributed by atoms with van der Waals surface area (Å²) < 4.78 is 1.05. The van der Waals surface area contributed by atoms with Gasteiger partial charge in [0.05, 0.1) is 0 Å². The second-order valence-corrected chi connectivity index (χ2v) is 5.41. The van der Waals surface area contributed by atoms with Crippen LogP contribution < -0.4 is 0 Å². The summed E-state index contributed by atoms with van der Waals surface area (Å²) in [7, 11) is 1.86. The Bertz CT molecular complexity index is 603. The largest absolute Gasteiger partial charge is 0.350 e. The quantitative estimate of drug-likeness (QED) is 0.796. The van der Waals surface area contributed by atoms with E-state index in [0.29, 0.717) is 0 Å². The molecule has 2 heterocycles. The molecule has 1 aliphatic rings. The molecule has 0 fully saturated rings. The summed E-state index contributed by atoms with van der Waals surface area (Å²) >= 11 is 3.48. The maximum absolute atomic E-state index is 12.2. The first-order chi connectivity index (χ1) is 8.16. The van der Waals surface area contributed by atoms with Crippen molar-refractivity contribution in [3.63, 3.8) is 0 Å². The predicted molar refractivity (Wildman–Crippen MR) is 71.3 cm³/mol. The van der Waals surface area contributed by atoms with Crippen molar-refractivity contribution in [1.29, 1.82) is 0 Å². The molecule has 0 atom stereocenters. The van der Waals surface area contributed by atoms with E-state index in [1.165, 1.54) is 0 Å². The van der Waals surface area contributed by atoms with Gasteiger partial charge < -0.3 is 9.88 Å². The van der Waals surface area contributed by atoms with Gasteiger partial charge in [-0.2, -0.15) is 0 Å². The third kappa shape index (κ3) is 1.67. The highest BCUT2D eigenvalue weighted by Crippen LogP contribution is 2.29. The standard InChI is InChI=1S/C13H13BrN2O/c1-16-6-2-3-9-10-7-8(14)4-5-11(10)15-12(9)13(16)17/h4-5,7,15H,2-3,6H2,1H3. The molecule has 0 bridgehead atoms. The van der Waals surface area contributed by atoms with E-state index in [1.54, 1.807) is 4.90 Å². The van der Waals surface area contributed by atoms with Crippen molar-refractivity contribution in [2.24, 2.45) is 0 Å². The Morgan fingerprint density at radius 1 is 1.41 bits per heavy atom. The van der Waals surface area contributed by atoms with Crippen molar-refractivity contribution in [2.45, 2.75) is 12.8 Å². The zero-order valence-electron chi connectivity index (χ0n) is 9.59. The molecule has 3 nitrogen and oxygen atoms in total. The molecule has 0 radical (unpaired) electrons. The van der Waals surface area contributed by atoms with Crippen molar-refractivity contribution in [2.75, 3.05) is 13.6 Å². The summed E-state index contributed by atoms with van der Waals surface area (Å²) in [6, 6.07) is 6.09. The molecule has 0 unspecified atom stereocenters. The third-order valence-corrected chi connectivity index (χ3v) is 3.84. The Hall–Kier alpha value is -1.29. The number of halogens is 1. The van der Waals surface area contributed by atoms with Gasteiger partial charge >= 0.3 is 0 Å². The number of nitrogens with zero attached hydrogens (tertiary/aromatic N) is 1. The summed E-state index contributed by atoms with van der Waals surface area (Å²) in [6.45, 7) is 0.830. The topological polar surface area (TPSA) is 36.1 Å². The van der Waals surface area contributed by atoms with Gasteiger partial charge in [-0.3, -0.25) is 4.79 Å². The fraction of sp³-hybridized carbons (Fsp3) is 0.308. The molecule has 1 amide bonds. The number of aromatic amines is 1. The molecular weight excluding hydrogens is 280 g/mol. The number of hydrogen-bond donors (Lipinski definition) is 1. The zero-order valence-corrected chi connectivity index (χ0v) is 11.2. The van der Waals surface area contributed by atoms with Gasteiger partial charge in [-0.05, 0) is 36.6 Å². The summed E-state index contributed by atoms with van der Waals surface area (Å²) in [5.41, 5.74) is 2.97. The molecule has 1 aromatic carbocycles. The SMILES string of the molecule is CN1CCCc2c([nH]c3ccc(Br)cc23)C1=O. The van der Waals surface area contributed by atoms with Crippen molar-refractivity contribution in [1.82, 2.24) is 9.88 Å². The minimum atomic E-state index is 0.102. The second-order valence-electron chi connectivity index (χ2n) is 4.50. The van der Waals surface area contributed by atoms with Crippen LogP contribution in [-0.4, -0.2) is 29.4 Å². The van der Waals surface area contributed by atoms with Gasteiger partial charge in [-0.1, -0.05) is 15.9 Å². The van der Waals surface area contributed by atoms with Crippen LogP contribution in [-0.2, 0) is 6.42 Å². The minimum absolute atomic E-state index is 0.102. The maximum Gasteiger partial charge on any atom is 0.270 e. The number of carbonyl (C=O) groups excluding carboxylic acids is 1. The van der Waals surface area contributed by atoms with Crippen molar-refractivity contribution in [3.05, 3.63) is 33.9 Å². The van der Waals surface area contributed by atoms with Gasteiger partial charge in [0.25, 0.3) is 5.91 Å². The number of aryl methyl sites for hydroxylation is 1. The first-order valence-electron chi connectivity index (χ1n) is 5.72. The number of hydrogen-bond acceptors (Lipinski definition) is 1. The predicted octanol–water partition coefficient (Wildman–Crippen LogP) is 2.95. The molecule has 4 heteroatoms. The fourth-order valence-corrected chi connectivity index (χ4v) is 2.81. The van der Waals surface area contributed by atoms with Crippen LogP contribution in [0.3, 0.4) is 0 Å². The Balaban J connectivity index is 2.27. The molecule has 2 aromatic rings. The van der Waals surface area contributed by atoms with Crippen LogP contribution in [0.25, 0.3) is 10.9 Å². The van der Waals surface area contributed by atoms with E-state index in [0.717, 1.165) is 46.0 Å². The normalized spacial score (nSPS) is 16.1. The molecule has 1 aromatic heterocycles. The monoisotopic (exact) mass is 292 g/mol. The van der Waals surface area contributed by atoms with E-state index >= 15 is 0 Å². The minimum Gasteiger partial charge on any atom is -0.350 e. The van der Waals surface area contributed by atoms with E-state index in [9.17, 15) is 4.79 Å². The van der Waals surface area contributed by atoms with Crippen LogP contribution in [0, 0.1) is 0 Å². The number of benzene rings is 1. The first-order valence-corrected chi connectivity index (χ1v) is 6.51. The van der Waals surface area contributed by atoms with E-state index in [2.05, 4.69) is 27.0 Å². The summed E-state index contributed by atoms with van der Waals surface area (Å²) in [6.07, 6.45) is 1.98. The van der Waals surface area contributed by atoms with Crippen molar-refractivity contribution >= 4 is 32.7 Å². The van der Waals surface area contributed by atoms with Gasteiger partial charge in [-0.15, -0.1) is 0 Å². The molecule has 0 aliphatic carbocycles. The fourth-order valence-electron chi connectivity index (χ4n) is 2.45. The Morgan fingerprint density at radius 3 is 3.06 bits per heavy atom. The lowest BCUT2D eigenvalue weighted by atomic mass is 10.1. The van der Waals surface area contributed by atoms with Crippen LogP contribution >= 0.6 is 15.9 Å². The number of nitrogens with one attached hydrogen (secondary N) is 1. The molecule has 0 saturated heterocycles. The molecule has 88 valence electrons. The Morgan fingerprint density at radius 2 is 2.24 bits per heavy atom. The lowest BCUT2D eigenvalue weighted by Crippen LogP contribution is -2.26. The lowest BCUT2D eigenvalue weighted by Gasteiger charge is -2.12. The number of amides is 1. The average molecular weight is 293 g/mol. The van der Waals surface area contributed by atoms with Crippen LogP contribution in [0.2, 0.25) is 0 Å². The summed E-state index contributed by atoms with van der Waals surface area (Å²) in [5, 5.41) is 1.16. The number of fused-ring (bicyclic) bond motifs is 3. The third-order valence-electron chi connectivity index (χ3n) is 3.35. The zero-order chi connectivity index (χ0) is 12.0. The molecule has 3 rings (SSSR count). The van der Waals surface area contributed by atoms with E-state index in [1.807, 2.05) is 19.2 Å². The Kier molecular flexibility index (Phi) is 2.47. The number of H-pyrrole nitrogens is 1. The number of aromatic nitrogens is 1. The number of carbonyl (C=O) groups is 1. The van der Waals surface area contributed by atoms with Gasteiger partial charge in [0.1, 0.15) is 5.69 Å². The van der Waals surface area contributed by atoms with Gasteiger partial charge in [-0.25, -0.2) is 0 Å². The molecule has 1 aliphatic heterocycles. The van der Waals surface area contributed by atoms with E-state index < -0.39 is 0 Å². The van der Waals surface area contributed by atoms with Gasteiger partial charge in [0, 0.05) is 29.0 Å². The molecule has 0 saturated carbocycles. The molecule has 0 spiro atoms. The van der Waals surface area contributed by atoms with E-state index in [-0.39, 0.29) is 5.91 Å². The highest BCUT2D eigenvalue weighted by atomic mass is 79.9. The highest BCUT2D eigenvalue weighted by molar-refractivity contribution is 9.10. The Labute approximate surface area is 108 Å². The van der Waals surface area contributed by atoms with Gasteiger partial charge in [0.15, 0.2) is 0 Å². The highest BCUT2D eigenvalue weighted by Gasteiger charge is 2.23. The van der Waals surface area contributed by atoms with Crippen molar-refractivity contribution < 1.29 is 4.79 Å². The summed E-state index contributed by atoms with van der Waals surface area (Å²) in [4.78, 5) is 17.2. The summed E-state index contributed by atoms with van der Waals surface area (Å²) in [5.74, 6) is 0.102. The second kappa shape index (κ2) is 3.88. The smallest absolute Gasteiger partial charge is 0.270 e. The van der Waals surface area contributed by atoms with E-state index in [4.69, 9.17) is 0 Å². The average Bonchev–Trinajstić information content (AvgIpc) is 2.60. The molecule has 17 heavy (non-hydrogen) atoms. The lowest BCUT2D eigenvalue weighted by molar-refractivity contribution is 0.0795. The van der Waals surface area contributed by atoms with Crippen LogP contribution in [0.4, 0.5) is 0 Å². The number of rotatable bonds is 0. The van der Waals surface area contributed by atoms with Crippen molar-refractivity contribution in [3.8, 4) is 0 Å².